The first-order valence-electron chi connectivity index (χ1n) is 7.63. The number of urea groups is 1. The summed E-state index contributed by atoms with van der Waals surface area (Å²) in [5, 5.41) is 6.06. The van der Waals surface area contributed by atoms with Crippen LogP contribution < -0.4 is 15.4 Å². The lowest BCUT2D eigenvalue weighted by molar-refractivity contribution is -0.118. The number of carbonyl (C=O) groups excluding carboxylic acids is 2. The van der Waals surface area contributed by atoms with Gasteiger partial charge in [0.05, 0.1) is 11.4 Å². The normalized spacial score (nSPS) is 10.1. The van der Waals surface area contributed by atoms with Gasteiger partial charge in [0.15, 0.2) is 6.61 Å². The second-order valence-corrected chi connectivity index (χ2v) is 6.05. The summed E-state index contributed by atoms with van der Waals surface area (Å²) in [6, 6.07) is 11.9. The molecule has 2 N–H and O–H groups in total. The number of nitrogens with zero attached hydrogens (tertiary/aromatic N) is 1. The van der Waals surface area contributed by atoms with E-state index in [9.17, 15) is 9.59 Å². The predicted octanol–water partition coefficient (Wildman–Crippen LogP) is 3.76. The molecule has 3 amide bonds. The Bertz CT molecular complexity index is 778. The van der Waals surface area contributed by atoms with Crippen molar-refractivity contribution in [1.29, 1.82) is 0 Å². The van der Waals surface area contributed by atoms with Crippen LogP contribution in [-0.2, 0) is 4.79 Å². The molecule has 0 atom stereocenters. The van der Waals surface area contributed by atoms with Gasteiger partial charge in [-0.3, -0.25) is 4.79 Å². The smallest absolute Gasteiger partial charge is 0.321 e. The molecular formula is C18H20ClN3O3. The lowest BCUT2D eigenvalue weighted by atomic mass is 10.2. The van der Waals surface area contributed by atoms with Crippen molar-refractivity contribution < 1.29 is 14.3 Å². The van der Waals surface area contributed by atoms with E-state index in [1.807, 2.05) is 6.92 Å². The monoisotopic (exact) mass is 361 g/mol. The quantitative estimate of drug-likeness (QED) is 0.851. The molecule has 132 valence electrons. The molecule has 0 aromatic heterocycles. The van der Waals surface area contributed by atoms with Crippen molar-refractivity contribution in [3.63, 3.8) is 0 Å². The first kappa shape index (κ1) is 18.6. The van der Waals surface area contributed by atoms with Gasteiger partial charge in [0, 0.05) is 19.1 Å². The summed E-state index contributed by atoms with van der Waals surface area (Å²) < 4.78 is 5.52. The minimum Gasteiger partial charge on any atom is -0.483 e. The number of rotatable bonds is 5. The first-order valence-corrected chi connectivity index (χ1v) is 8.00. The van der Waals surface area contributed by atoms with Gasteiger partial charge in [-0.15, -0.1) is 0 Å². The Kier molecular flexibility index (Phi) is 6.25. The fraction of sp³-hybridized carbons (Fsp3) is 0.222. The second kappa shape index (κ2) is 8.39. The molecule has 25 heavy (non-hydrogen) atoms. The number of anilines is 2. The van der Waals surface area contributed by atoms with Gasteiger partial charge in [-0.2, -0.15) is 0 Å². The molecule has 6 nitrogen and oxygen atoms in total. The van der Waals surface area contributed by atoms with E-state index in [2.05, 4.69) is 10.6 Å². The highest BCUT2D eigenvalue weighted by Gasteiger charge is 2.11. The number of halogens is 1. The van der Waals surface area contributed by atoms with Gasteiger partial charge in [-0.25, -0.2) is 4.79 Å². The van der Waals surface area contributed by atoms with E-state index in [-0.39, 0.29) is 18.5 Å². The van der Waals surface area contributed by atoms with Gasteiger partial charge >= 0.3 is 6.03 Å². The Hall–Kier alpha value is -2.73. The van der Waals surface area contributed by atoms with Crippen LogP contribution in [0.4, 0.5) is 16.2 Å². The Morgan fingerprint density at radius 1 is 1.08 bits per heavy atom. The molecule has 0 fully saturated rings. The predicted molar refractivity (Wildman–Crippen MR) is 99.5 cm³/mol. The number of hydrogen-bond acceptors (Lipinski definition) is 3. The zero-order valence-corrected chi connectivity index (χ0v) is 15.1. The standard InChI is InChI=1S/C18H20ClN3O3/c1-12-10-13(19)8-9-16(12)25-11-17(23)20-14-6-4-5-7-15(14)21-18(24)22(2)3/h4-10H,11H2,1-3H3,(H,20,23)(H,21,24). The third kappa shape index (κ3) is 5.39. The highest BCUT2D eigenvalue weighted by molar-refractivity contribution is 6.30. The average molecular weight is 362 g/mol. The van der Waals surface area contributed by atoms with E-state index < -0.39 is 0 Å². The van der Waals surface area contributed by atoms with E-state index in [4.69, 9.17) is 16.3 Å². The van der Waals surface area contributed by atoms with Gasteiger partial charge < -0.3 is 20.3 Å². The second-order valence-electron chi connectivity index (χ2n) is 5.62. The zero-order chi connectivity index (χ0) is 18.4. The van der Waals surface area contributed by atoms with Crippen molar-refractivity contribution >= 4 is 34.9 Å². The van der Waals surface area contributed by atoms with Gasteiger partial charge in [-0.05, 0) is 42.8 Å². The summed E-state index contributed by atoms with van der Waals surface area (Å²) in [6.07, 6.45) is 0. The van der Waals surface area contributed by atoms with Crippen molar-refractivity contribution in [2.75, 3.05) is 31.3 Å². The largest absolute Gasteiger partial charge is 0.483 e. The maximum absolute atomic E-state index is 12.2. The summed E-state index contributed by atoms with van der Waals surface area (Å²) in [6.45, 7) is 1.70. The molecule has 0 unspecified atom stereocenters. The molecule has 0 aliphatic heterocycles. The highest BCUT2D eigenvalue weighted by Crippen LogP contribution is 2.23. The number of benzene rings is 2. The van der Waals surface area contributed by atoms with Crippen LogP contribution >= 0.6 is 11.6 Å². The summed E-state index contributed by atoms with van der Waals surface area (Å²) in [5.74, 6) is 0.259. The summed E-state index contributed by atoms with van der Waals surface area (Å²) >= 11 is 5.90. The molecular weight excluding hydrogens is 342 g/mol. The topological polar surface area (TPSA) is 70.7 Å². The fourth-order valence-electron chi connectivity index (χ4n) is 2.03. The molecule has 0 saturated heterocycles. The highest BCUT2D eigenvalue weighted by atomic mass is 35.5. The van der Waals surface area contributed by atoms with Crippen molar-refractivity contribution in [3.05, 3.63) is 53.1 Å². The van der Waals surface area contributed by atoms with Crippen molar-refractivity contribution in [2.45, 2.75) is 6.92 Å². The van der Waals surface area contributed by atoms with Crippen LogP contribution in [0.25, 0.3) is 0 Å². The lowest BCUT2D eigenvalue weighted by Crippen LogP contribution is -2.28. The van der Waals surface area contributed by atoms with E-state index in [0.29, 0.717) is 22.1 Å². The Morgan fingerprint density at radius 3 is 2.32 bits per heavy atom. The molecule has 7 heteroatoms. The first-order chi connectivity index (χ1) is 11.9. The molecule has 0 heterocycles. The Balaban J connectivity index is 1.99. The SMILES string of the molecule is Cc1cc(Cl)ccc1OCC(=O)Nc1ccccc1NC(=O)N(C)C. The van der Waals surface area contributed by atoms with E-state index in [1.54, 1.807) is 56.6 Å². The van der Waals surface area contributed by atoms with Crippen molar-refractivity contribution in [3.8, 4) is 5.75 Å². The molecule has 0 saturated carbocycles. The van der Waals surface area contributed by atoms with Crippen LogP contribution in [-0.4, -0.2) is 37.5 Å². The molecule has 0 aliphatic carbocycles. The number of nitrogens with one attached hydrogen (secondary N) is 2. The third-order valence-corrected chi connectivity index (χ3v) is 3.58. The Morgan fingerprint density at radius 2 is 1.72 bits per heavy atom. The fourth-order valence-corrected chi connectivity index (χ4v) is 2.26. The molecule has 0 bridgehead atoms. The lowest BCUT2D eigenvalue weighted by Gasteiger charge is -2.16. The number of aryl methyl sites for hydroxylation is 1. The molecule has 2 aromatic rings. The maximum Gasteiger partial charge on any atom is 0.321 e. The van der Waals surface area contributed by atoms with Crippen LogP contribution in [0.2, 0.25) is 5.02 Å². The molecule has 0 spiro atoms. The number of para-hydroxylation sites is 2. The minimum atomic E-state index is -0.332. The van der Waals surface area contributed by atoms with Gasteiger partial charge in [0.2, 0.25) is 0 Å². The molecule has 0 aliphatic rings. The van der Waals surface area contributed by atoms with E-state index in [1.165, 1.54) is 4.90 Å². The summed E-state index contributed by atoms with van der Waals surface area (Å²) in [5.41, 5.74) is 1.86. The molecule has 0 radical (unpaired) electrons. The van der Waals surface area contributed by atoms with Crippen molar-refractivity contribution in [2.24, 2.45) is 0 Å². The summed E-state index contributed by atoms with van der Waals surface area (Å²) in [7, 11) is 3.28. The maximum atomic E-state index is 12.2. The van der Waals surface area contributed by atoms with E-state index >= 15 is 0 Å². The number of carbonyl (C=O) groups is 2. The van der Waals surface area contributed by atoms with Crippen LogP contribution in [0.1, 0.15) is 5.56 Å². The average Bonchev–Trinajstić information content (AvgIpc) is 2.55. The summed E-state index contributed by atoms with van der Waals surface area (Å²) in [4.78, 5) is 25.4. The number of ether oxygens (including phenoxy) is 1. The van der Waals surface area contributed by atoms with Gasteiger partial charge in [0.25, 0.3) is 5.91 Å². The number of amides is 3. The van der Waals surface area contributed by atoms with Crippen LogP contribution in [0.3, 0.4) is 0 Å². The van der Waals surface area contributed by atoms with E-state index in [0.717, 1.165) is 5.56 Å². The van der Waals surface area contributed by atoms with Crippen LogP contribution in [0, 0.1) is 6.92 Å². The van der Waals surface area contributed by atoms with Crippen LogP contribution in [0.15, 0.2) is 42.5 Å². The van der Waals surface area contributed by atoms with Crippen molar-refractivity contribution in [1.82, 2.24) is 4.90 Å². The van der Waals surface area contributed by atoms with Crippen LogP contribution in [0.5, 0.6) is 5.75 Å². The van der Waals surface area contributed by atoms with Gasteiger partial charge in [0.1, 0.15) is 5.75 Å². The van der Waals surface area contributed by atoms with Gasteiger partial charge in [-0.1, -0.05) is 23.7 Å². The number of hydrogen-bond donors (Lipinski definition) is 2. The Labute approximate surface area is 151 Å². The molecule has 2 rings (SSSR count). The zero-order valence-electron chi connectivity index (χ0n) is 14.3. The molecule has 2 aromatic carbocycles. The third-order valence-electron chi connectivity index (χ3n) is 3.34. The minimum absolute atomic E-state index is 0.154.